The number of halogens is 1. The molecule has 0 bridgehead atoms. The minimum absolute atomic E-state index is 0.472. The van der Waals surface area contributed by atoms with Gasteiger partial charge in [0.25, 0.3) is 0 Å². The van der Waals surface area contributed by atoms with E-state index >= 15 is 0 Å². The average Bonchev–Trinajstić information content (AvgIpc) is 2.27. The van der Waals surface area contributed by atoms with E-state index in [1.54, 1.807) is 0 Å². The first kappa shape index (κ1) is 14.7. The van der Waals surface area contributed by atoms with Gasteiger partial charge in [-0.15, -0.1) is 0 Å². The Kier molecular flexibility index (Phi) is 4.44. The Morgan fingerprint density at radius 1 is 1.32 bits per heavy atom. The minimum Gasteiger partial charge on any atom is -0.381 e. The van der Waals surface area contributed by atoms with Gasteiger partial charge in [0.15, 0.2) is 0 Å². The van der Waals surface area contributed by atoms with Crippen molar-refractivity contribution in [2.24, 2.45) is 5.41 Å². The van der Waals surface area contributed by atoms with E-state index in [1.807, 2.05) is 0 Å². The van der Waals surface area contributed by atoms with Gasteiger partial charge in [-0.1, -0.05) is 36.2 Å². The lowest BCUT2D eigenvalue weighted by Gasteiger charge is -2.36. The van der Waals surface area contributed by atoms with E-state index in [0.29, 0.717) is 11.5 Å². The van der Waals surface area contributed by atoms with Gasteiger partial charge in [0.05, 0.1) is 11.4 Å². The first-order valence-electron chi connectivity index (χ1n) is 7.11. The maximum absolute atomic E-state index is 3.76. The third-order valence-corrected chi connectivity index (χ3v) is 4.50. The van der Waals surface area contributed by atoms with Crippen molar-refractivity contribution in [2.75, 3.05) is 24.3 Å². The van der Waals surface area contributed by atoms with Crippen LogP contribution in [-0.4, -0.2) is 20.1 Å². The summed E-state index contributed by atoms with van der Waals surface area (Å²) in [5, 5.41) is 3.76. The van der Waals surface area contributed by atoms with Crippen LogP contribution in [0.3, 0.4) is 0 Å². The average molecular weight is 325 g/mol. The van der Waals surface area contributed by atoms with Crippen LogP contribution in [0.15, 0.2) is 22.7 Å². The molecule has 0 aliphatic heterocycles. The highest BCUT2D eigenvalue weighted by Gasteiger charge is 2.28. The highest BCUT2D eigenvalue weighted by atomic mass is 79.9. The zero-order chi connectivity index (χ0) is 14.0. The molecule has 1 aliphatic carbocycles. The molecule has 1 unspecified atom stereocenters. The zero-order valence-electron chi connectivity index (χ0n) is 12.5. The summed E-state index contributed by atoms with van der Waals surface area (Å²) in [6.07, 6.45) is 5.22. The first-order chi connectivity index (χ1) is 8.87. The van der Waals surface area contributed by atoms with Crippen molar-refractivity contribution < 1.29 is 0 Å². The van der Waals surface area contributed by atoms with Crippen LogP contribution in [0.2, 0.25) is 0 Å². The summed E-state index contributed by atoms with van der Waals surface area (Å²) in [7, 11) is 4.19. The van der Waals surface area contributed by atoms with E-state index in [2.05, 4.69) is 72.3 Å². The molecule has 1 fully saturated rings. The molecule has 106 valence electrons. The van der Waals surface area contributed by atoms with Crippen molar-refractivity contribution in [2.45, 2.75) is 45.6 Å². The van der Waals surface area contributed by atoms with E-state index in [4.69, 9.17) is 0 Å². The summed E-state index contributed by atoms with van der Waals surface area (Å²) in [6, 6.07) is 7.06. The fourth-order valence-corrected chi connectivity index (χ4v) is 3.42. The van der Waals surface area contributed by atoms with E-state index in [9.17, 15) is 0 Å². The predicted octanol–water partition coefficient (Wildman–Crippen LogP) is 4.90. The number of nitrogens with zero attached hydrogens (tertiary/aromatic N) is 1. The number of rotatable bonds is 3. The van der Waals surface area contributed by atoms with Crippen LogP contribution < -0.4 is 10.2 Å². The number of benzene rings is 1. The Balaban J connectivity index is 2.16. The van der Waals surface area contributed by atoms with Crippen LogP contribution in [0, 0.1) is 5.41 Å². The standard InChI is InChI=1S/C16H25BrN2/c1-16(2)9-5-6-13(11-16)18-14-10-12(17)7-8-15(14)19(3)4/h7-8,10,13,18H,5-6,9,11H2,1-4H3. The maximum atomic E-state index is 3.76. The van der Waals surface area contributed by atoms with Crippen LogP contribution in [0.1, 0.15) is 39.5 Å². The highest BCUT2D eigenvalue weighted by Crippen LogP contribution is 2.38. The number of hydrogen-bond acceptors (Lipinski definition) is 2. The molecule has 1 aromatic rings. The second-order valence-corrected chi connectivity index (χ2v) is 7.57. The topological polar surface area (TPSA) is 15.3 Å². The largest absolute Gasteiger partial charge is 0.381 e. The second kappa shape index (κ2) is 5.74. The Morgan fingerprint density at radius 3 is 2.68 bits per heavy atom. The molecule has 0 radical (unpaired) electrons. The molecule has 19 heavy (non-hydrogen) atoms. The van der Waals surface area contributed by atoms with Crippen LogP contribution in [0.5, 0.6) is 0 Å². The van der Waals surface area contributed by atoms with E-state index < -0.39 is 0 Å². The van der Waals surface area contributed by atoms with Crippen LogP contribution in [0.25, 0.3) is 0 Å². The Morgan fingerprint density at radius 2 is 2.05 bits per heavy atom. The SMILES string of the molecule is CN(C)c1ccc(Br)cc1NC1CCCC(C)(C)C1. The summed E-state index contributed by atoms with van der Waals surface area (Å²) < 4.78 is 1.13. The summed E-state index contributed by atoms with van der Waals surface area (Å²) in [6.45, 7) is 4.77. The van der Waals surface area contributed by atoms with Crippen molar-refractivity contribution in [1.82, 2.24) is 0 Å². The van der Waals surface area contributed by atoms with Crippen molar-refractivity contribution in [3.63, 3.8) is 0 Å². The van der Waals surface area contributed by atoms with Gasteiger partial charge >= 0.3 is 0 Å². The molecule has 1 N–H and O–H groups in total. The van der Waals surface area contributed by atoms with Crippen molar-refractivity contribution in [1.29, 1.82) is 0 Å². The minimum atomic E-state index is 0.472. The van der Waals surface area contributed by atoms with E-state index in [0.717, 1.165) is 4.47 Å². The van der Waals surface area contributed by atoms with Gasteiger partial charge in [-0.05, 0) is 42.9 Å². The predicted molar refractivity (Wildman–Crippen MR) is 88.1 cm³/mol. The molecule has 1 saturated carbocycles. The Labute approximate surface area is 125 Å². The molecule has 0 aromatic heterocycles. The van der Waals surface area contributed by atoms with Crippen LogP contribution in [0.4, 0.5) is 11.4 Å². The Hall–Kier alpha value is -0.700. The van der Waals surface area contributed by atoms with Gasteiger partial charge in [0, 0.05) is 24.6 Å². The van der Waals surface area contributed by atoms with Crippen molar-refractivity contribution >= 4 is 27.3 Å². The molecule has 1 atom stereocenters. The third-order valence-electron chi connectivity index (χ3n) is 4.01. The summed E-state index contributed by atoms with van der Waals surface area (Å²) in [5.41, 5.74) is 2.97. The lowest BCUT2D eigenvalue weighted by molar-refractivity contribution is 0.229. The van der Waals surface area contributed by atoms with E-state index in [-0.39, 0.29) is 0 Å². The monoisotopic (exact) mass is 324 g/mol. The van der Waals surface area contributed by atoms with Gasteiger partial charge in [0.2, 0.25) is 0 Å². The normalized spacial score (nSPS) is 22.1. The molecule has 0 amide bonds. The van der Waals surface area contributed by atoms with Crippen LogP contribution >= 0.6 is 15.9 Å². The highest BCUT2D eigenvalue weighted by molar-refractivity contribution is 9.10. The maximum Gasteiger partial charge on any atom is 0.0597 e. The molecule has 1 aliphatic rings. The van der Waals surface area contributed by atoms with E-state index in [1.165, 1.54) is 37.1 Å². The first-order valence-corrected chi connectivity index (χ1v) is 7.90. The molecular weight excluding hydrogens is 300 g/mol. The van der Waals surface area contributed by atoms with Gasteiger partial charge in [0.1, 0.15) is 0 Å². The quantitative estimate of drug-likeness (QED) is 0.851. The summed E-state index contributed by atoms with van der Waals surface area (Å²) in [5.74, 6) is 0. The lowest BCUT2D eigenvalue weighted by Crippen LogP contribution is -2.32. The second-order valence-electron chi connectivity index (χ2n) is 6.66. The number of anilines is 2. The number of nitrogens with one attached hydrogen (secondary N) is 1. The third kappa shape index (κ3) is 3.88. The molecule has 0 heterocycles. The lowest BCUT2D eigenvalue weighted by atomic mass is 9.75. The van der Waals surface area contributed by atoms with Crippen molar-refractivity contribution in [3.05, 3.63) is 22.7 Å². The van der Waals surface area contributed by atoms with Gasteiger partial charge < -0.3 is 10.2 Å². The van der Waals surface area contributed by atoms with Gasteiger partial charge in [-0.3, -0.25) is 0 Å². The molecule has 0 saturated heterocycles. The fourth-order valence-electron chi connectivity index (χ4n) is 3.06. The smallest absolute Gasteiger partial charge is 0.0597 e. The Bertz CT molecular complexity index is 440. The molecular formula is C16H25BrN2. The zero-order valence-corrected chi connectivity index (χ0v) is 14.0. The fraction of sp³-hybridized carbons (Fsp3) is 0.625. The molecule has 1 aromatic carbocycles. The molecule has 2 rings (SSSR count). The number of hydrogen-bond donors (Lipinski definition) is 1. The van der Waals surface area contributed by atoms with Crippen LogP contribution in [-0.2, 0) is 0 Å². The van der Waals surface area contributed by atoms with Crippen molar-refractivity contribution in [3.8, 4) is 0 Å². The molecule has 2 nitrogen and oxygen atoms in total. The van der Waals surface area contributed by atoms with Gasteiger partial charge in [-0.2, -0.15) is 0 Å². The molecule has 0 spiro atoms. The summed E-state index contributed by atoms with van der Waals surface area (Å²) in [4.78, 5) is 2.17. The molecule has 3 heteroatoms. The van der Waals surface area contributed by atoms with Gasteiger partial charge in [-0.25, -0.2) is 0 Å². The summed E-state index contributed by atoms with van der Waals surface area (Å²) >= 11 is 3.57.